The van der Waals surface area contributed by atoms with Gasteiger partial charge in [-0.3, -0.25) is 0 Å². The van der Waals surface area contributed by atoms with Gasteiger partial charge in [-0.05, 0) is 0 Å². The van der Waals surface area contributed by atoms with E-state index in [1.807, 2.05) is 13.8 Å². The van der Waals surface area contributed by atoms with Crippen LogP contribution in [0.4, 0.5) is 0 Å². The molecule has 1 aliphatic heterocycles. The van der Waals surface area contributed by atoms with Crippen LogP contribution in [0.25, 0.3) is 21.8 Å². The Bertz CT molecular complexity index is 1000. The zero-order chi connectivity index (χ0) is 15.8. The number of rotatable bonds is 0. The van der Waals surface area contributed by atoms with Gasteiger partial charge in [0.05, 0.1) is 0 Å². The van der Waals surface area contributed by atoms with E-state index in [9.17, 15) is 0 Å². The fraction of sp³-hybridized carbons (Fsp3) is 0.100. The first-order chi connectivity index (χ1) is 11.4. The number of aromatic amines is 1. The molecule has 0 bridgehead atoms. The maximum absolute atomic E-state index is 3.66. The van der Waals surface area contributed by atoms with E-state index in [2.05, 4.69) is 65.6 Å². The number of benzene rings is 3. The van der Waals surface area contributed by atoms with E-state index < -0.39 is 0 Å². The molecule has 114 valence electrons. The Morgan fingerprint density at radius 3 is 2.17 bits per heavy atom. The Labute approximate surface area is 148 Å². The van der Waals surface area contributed by atoms with Crippen LogP contribution in [0, 0.1) is 0 Å². The van der Waals surface area contributed by atoms with Gasteiger partial charge in [0.15, 0.2) is 0 Å². The van der Waals surface area contributed by atoms with Crippen molar-refractivity contribution < 1.29 is 0 Å². The average Bonchev–Trinajstić information content (AvgIpc) is 3.01. The summed E-state index contributed by atoms with van der Waals surface area (Å²) in [5, 5.41) is 2.72. The van der Waals surface area contributed by atoms with Crippen LogP contribution in [0.15, 0.2) is 60.7 Å². The van der Waals surface area contributed by atoms with Crippen molar-refractivity contribution in [1.29, 1.82) is 0 Å². The standard InChI is InChI=1S/C18H11NSe2.C2H6/c1-2-6-13-11(5-1)12-9-10-16-18(17(12)19-13)21-15-8-4-3-7-14(15)20-16;1-2/h1-10,19H;1-2H3. The monoisotopic (exact) mass is 431 g/mol. The van der Waals surface area contributed by atoms with Crippen molar-refractivity contribution in [1.82, 2.24) is 4.98 Å². The van der Waals surface area contributed by atoms with Gasteiger partial charge in [0, 0.05) is 0 Å². The van der Waals surface area contributed by atoms with Crippen molar-refractivity contribution in [2.45, 2.75) is 13.8 Å². The molecule has 0 amide bonds. The molecule has 1 N–H and O–H groups in total. The first-order valence-corrected chi connectivity index (χ1v) is 11.3. The van der Waals surface area contributed by atoms with Crippen LogP contribution in [-0.4, -0.2) is 34.9 Å². The first-order valence-electron chi connectivity index (χ1n) is 7.88. The summed E-state index contributed by atoms with van der Waals surface area (Å²) in [4.78, 5) is 3.66. The summed E-state index contributed by atoms with van der Waals surface area (Å²) in [6.07, 6.45) is 0. The molecule has 0 aliphatic carbocycles. The Balaban J connectivity index is 0.000000652. The number of fused-ring (bicyclic) bond motifs is 6. The number of hydrogen-bond acceptors (Lipinski definition) is 0. The number of hydrogen-bond donors (Lipinski definition) is 1. The van der Waals surface area contributed by atoms with Crippen LogP contribution in [0.1, 0.15) is 13.8 Å². The molecule has 0 atom stereocenters. The van der Waals surface area contributed by atoms with Crippen molar-refractivity contribution in [2.75, 3.05) is 0 Å². The molecule has 1 nitrogen and oxygen atoms in total. The number of para-hydroxylation sites is 1. The van der Waals surface area contributed by atoms with Gasteiger partial charge in [-0.2, -0.15) is 0 Å². The fourth-order valence-corrected chi connectivity index (χ4v) is 8.60. The van der Waals surface area contributed by atoms with Crippen LogP contribution in [0.5, 0.6) is 0 Å². The third-order valence-corrected chi connectivity index (χ3v) is 10.1. The second-order valence-electron chi connectivity index (χ2n) is 5.14. The zero-order valence-corrected chi connectivity index (χ0v) is 16.5. The predicted molar refractivity (Wildman–Crippen MR) is 104 cm³/mol. The van der Waals surface area contributed by atoms with Gasteiger partial charge in [-0.1, -0.05) is 13.8 Å². The molecule has 0 fully saturated rings. The molecule has 0 saturated carbocycles. The molecule has 23 heavy (non-hydrogen) atoms. The van der Waals surface area contributed by atoms with Crippen LogP contribution in [0.2, 0.25) is 0 Å². The molecular weight excluding hydrogens is 412 g/mol. The van der Waals surface area contributed by atoms with E-state index in [0.29, 0.717) is 29.9 Å². The summed E-state index contributed by atoms with van der Waals surface area (Å²) in [7, 11) is 0. The molecule has 1 aromatic heterocycles. The molecule has 0 saturated heterocycles. The summed E-state index contributed by atoms with van der Waals surface area (Å²) in [5.74, 6) is 0. The first kappa shape index (κ1) is 15.1. The molecular formula is C20H17NSe2. The Morgan fingerprint density at radius 2 is 1.35 bits per heavy atom. The van der Waals surface area contributed by atoms with Crippen molar-refractivity contribution in [3.63, 3.8) is 0 Å². The van der Waals surface area contributed by atoms with E-state index >= 15 is 0 Å². The number of nitrogens with one attached hydrogen (secondary N) is 1. The van der Waals surface area contributed by atoms with Crippen molar-refractivity contribution in [3.05, 3.63) is 60.7 Å². The zero-order valence-electron chi connectivity index (χ0n) is 13.1. The van der Waals surface area contributed by atoms with E-state index in [-0.39, 0.29) is 0 Å². The summed E-state index contributed by atoms with van der Waals surface area (Å²) >= 11 is 0.851. The van der Waals surface area contributed by atoms with E-state index in [1.165, 1.54) is 21.8 Å². The molecule has 3 aromatic carbocycles. The molecule has 0 radical (unpaired) electrons. The Kier molecular flexibility index (Phi) is 4.05. The SMILES string of the molecule is CC.c1ccc2c(c1)[Se]c1ccc3c([nH]c4ccccc43)c1[Se]2. The normalized spacial score (nSPS) is 12.4. The number of aromatic nitrogens is 1. The van der Waals surface area contributed by atoms with Gasteiger partial charge in [0.25, 0.3) is 0 Å². The summed E-state index contributed by atoms with van der Waals surface area (Å²) < 4.78 is 6.24. The molecule has 4 aromatic rings. The minimum absolute atomic E-state index is 0.409. The van der Waals surface area contributed by atoms with Gasteiger partial charge in [0.1, 0.15) is 0 Å². The van der Waals surface area contributed by atoms with Gasteiger partial charge >= 0.3 is 135 Å². The third-order valence-electron chi connectivity index (χ3n) is 3.88. The fourth-order valence-electron chi connectivity index (χ4n) is 2.90. The summed E-state index contributed by atoms with van der Waals surface area (Å²) in [5.41, 5.74) is 2.62. The van der Waals surface area contributed by atoms with Crippen molar-refractivity contribution in [3.8, 4) is 0 Å². The molecule has 0 spiro atoms. The van der Waals surface area contributed by atoms with Crippen LogP contribution < -0.4 is 17.8 Å². The number of H-pyrrole nitrogens is 1. The van der Waals surface area contributed by atoms with Crippen molar-refractivity contribution >= 4 is 69.6 Å². The molecule has 3 heteroatoms. The second-order valence-corrected chi connectivity index (χ2v) is 9.62. The minimum atomic E-state index is 0.409. The predicted octanol–water partition coefficient (Wildman–Crippen LogP) is 1.97. The molecule has 2 heterocycles. The Hall–Kier alpha value is -1.50. The molecule has 0 unspecified atom stereocenters. The quantitative estimate of drug-likeness (QED) is 0.363. The van der Waals surface area contributed by atoms with Crippen LogP contribution >= 0.6 is 0 Å². The van der Waals surface area contributed by atoms with Gasteiger partial charge < -0.3 is 0 Å². The van der Waals surface area contributed by atoms with Gasteiger partial charge in [0.2, 0.25) is 0 Å². The summed E-state index contributed by atoms with van der Waals surface area (Å²) in [6, 6.07) is 22.2. The molecule has 1 aliphatic rings. The van der Waals surface area contributed by atoms with Gasteiger partial charge in [-0.25, -0.2) is 0 Å². The third kappa shape index (κ3) is 2.45. The van der Waals surface area contributed by atoms with E-state index in [1.54, 1.807) is 17.8 Å². The van der Waals surface area contributed by atoms with E-state index in [4.69, 9.17) is 0 Å². The topological polar surface area (TPSA) is 15.8 Å². The van der Waals surface area contributed by atoms with Crippen LogP contribution in [-0.2, 0) is 0 Å². The maximum atomic E-state index is 3.66. The molecule has 5 rings (SSSR count). The second kappa shape index (κ2) is 6.18. The Morgan fingerprint density at radius 1 is 0.652 bits per heavy atom. The van der Waals surface area contributed by atoms with Crippen molar-refractivity contribution in [2.24, 2.45) is 0 Å². The van der Waals surface area contributed by atoms with Gasteiger partial charge in [-0.15, -0.1) is 0 Å². The van der Waals surface area contributed by atoms with Crippen LogP contribution in [0.3, 0.4) is 0 Å². The van der Waals surface area contributed by atoms with E-state index in [0.717, 1.165) is 0 Å². The average molecular weight is 429 g/mol. The summed E-state index contributed by atoms with van der Waals surface area (Å²) in [6.45, 7) is 4.00.